The molecule has 11 heteroatoms. The quantitative estimate of drug-likeness (QED) is 0.571. The van der Waals surface area contributed by atoms with Gasteiger partial charge >= 0.3 is 0 Å². The second-order valence-electron chi connectivity index (χ2n) is 7.90. The molecule has 0 spiro atoms. The maximum absolute atomic E-state index is 13.7. The Morgan fingerprint density at radius 2 is 1.88 bits per heavy atom. The highest BCUT2D eigenvalue weighted by molar-refractivity contribution is 7.89. The molecule has 0 unspecified atom stereocenters. The standard InChI is InChI=1S/C22H21ClF2N4O3S/c23-18-6-2-7-19-16(18)13-17(21(30)28-29-10-3-8-22(24,25)9-11-29)20(27-19)14-4-1-5-15(12-14)33(26,31)32/h1-2,4-7,12-13H,3,8-11H2,(H,28,30)(H2,26,31,32). The number of nitrogens with one attached hydrogen (secondary N) is 1. The number of primary sulfonamides is 1. The van der Waals surface area contributed by atoms with Gasteiger partial charge in [0.2, 0.25) is 15.9 Å². The van der Waals surface area contributed by atoms with Gasteiger partial charge in [0.1, 0.15) is 0 Å². The van der Waals surface area contributed by atoms with Crippen LogP contribution in [-0.2, 0) is 10.0 Å². The molecule has 7 nitrogen and oxygen atoms in total. The van der Waals surface area contributed by atoms with Gasteiger partial charge in [0.05, 0.1) is 21.7 Å². The zero-order valence-corrected chi connectivity index (χ0v) is 19.0. The van der Waals surface area contributed by atoms with Gasteiger partial charge in [0, 0.05) is 41.9 Å². The number of carbonyl (C=O) groups is 1. The van der Waals surface area contributed by atoms with E-state index in [4.69, 9.17) is 16.7 Å². The minimum Gasteiger partial charge on any atom is -0.285 e. The summed E-state index contributed by atoms with van der Waals surface area (Å²) in [7, 11) is -3.98. The zero-order chi connectivity index (χ0) is 23.8. The van der Waals surface area contributed by atoms with Crippen LogP contribution in [0.4, 0.5) is 8.78 Å². The lowest BCUT2D eigenvalue weighted by molar-refractivity contribution is -0.0143. The van der Waals surface area contributed by atoms with Gasteiger partial charge in [-0.25, -0.2) is 32.3 Å². The SMILES string of the molecule is NS(=O)(=O)c1cccc(-c2nc3cccc(Cl)c3cc2C(=O)NN2CCCC(F)(F)CC2)c1. The Balaban J connectivity index is 1.78. The van der Waals surface area contributed by atoms with E-state index in [9.17, 15) is 22.0 Å². The average Bonchev–Trinajstić information content (AvgIpc) is 2.93. The number of carbonyl (C=O) groups excluding carboxylic acids is 1. The summed E-state index contributed by atoms with van der Waals surface area (Å²) < 4.78 is 51.1. The van der Waals surface area contributed by atoms with Gasteiger partial charge in [0.25, 0.3) is 5.91 Å². The molecule has 1 aliphatic rings. The van der Waals surface area contributed by atoms with Gasteiger partial charge in [-0.05, 0) is 36.8 Å². The molecule has 33 heavy (non-hydrogen) atoms. The molecule has 0 aliphatic carbocycles. The summed E-state index contributed by atoms with van der Waals surface area (Å²) in [5.41, 5.74) is 3.89. The summed E-state index contributed by atoms with van der Waals surface area (Å²) in [5, 5.41) is 7.63. The summed E-state index contributed by atoms with van der Waals surface area (Å²) in [6.07, 6.45) is -0.366. The number of alkyl halides is 2. The predicted octanol–water partition coefficient (Wildman–Crippen LogP) is 3.97. The number of rotatable bonds is 4. The molecule has 0 radical (unpaired) electrons. The summed E-state index contributed by atoms with van der Waals surface area (Å²) in [6.45, 7) is 0.274. The van der Waals surface area contributed by atoms with E-state index in [-0.39, 0.29) is 48.5 Å². The molecule has 3 aromatic rings. The molecule has 0 saturated carbocycles. The van der Waals surface area contributed by atoms with E-state index in [1.54, 1.807) is 30.3 Å². The number of fused-ring (bicyclic) bond motifs is 1. The van der Waals surface area contributed by atoms with E-state index in [0.29, 0.717) is 21.5 Å². The lowest BCUT2D eigenvalue weighted by Gasteiger charge is -2.22. The fourth-order valence-corrected chi connectivity index (χ4v) is 4.54. The summed E-state index contributed by atoms with van der Waals surface area (Å²) in [5.74, 6) is -3.33. The molecule has 174 valence electrons. The van der Waals surface area contributed by atoms with Gasteiger partial charge in [-0.2, -0.15) is 0 Å². The Labute approximate surface area is 194 Å². The summed E-state index contributed by atoms with van der Waals surface area (Å²) in [6, 6.07) is 12.4. The van der Waals surface area contributed by atoms with Gasteiger partial charge in [-0.1, -0.05) is 29.8 Å². The number of nitrogens with two attached hydrogens (primary N) is 1. The van der Waals surface area contributed by atoms with Crippen molar-refractivity contribution in [1.82, 2.24) is 15.4 Å². The number of hydrazine groups is 1. The Morgan fingerprint density at radius 1 is 1.12 bits per heavy atom. The van der Waals surface area contributed by atoms with Crippen LogP contribution >= 0.6 is 11.6 Å². The number of hydrogen-bond acceptors (Lipinski definition) is 5. The first-order valence-corrected chi connectivity index (χ1v) is 12.1. The van der Waals surface area contributed by atoms with Crippen molar-refractivity contribution in [3.05, 3.63) is 59.1 Å². The third-order valence-corrected chi connectivity index (χ3v) is 6.70. The number of pyridine rings is 1. The van der Waals surface area contributed by atoms with Crippen LogP contribution in [0.5, 0.6) is 0 Å². The van der Waals surface area contributed by atoms with Crippen LogP contribution in [-0.4, -0.2) is 43.3 Å². The second-order valence-corrected chi connectivity index (χ2v) is 9.87. The molecular formula is C22H21ClF2N4O3S. The second kappa shape index (κ2) is 8.94. The van der Waals surface area contributed by atoms with E-state index in [1.165, 1.54) is 23.2 Å². The molecule has 2 aromatic carbocycles. The fourth-order valence-electron chi connectivity index (χ4n) is 3.75. The molecule has 4 rings (SSSR count). The fraction of sp³-hybridized carbons (Fsp3) is 0.273. The van der Waals surface area contributed by atoms with Gasteiger partial charge in [-0.3, -0.25) is 10.2 Å². The Bertz CT molecular complexity index is 1330. The average molecular weight is 495 g/mol. The molecular weight excluding hydrogens is 474 g/mol. The molecule has 1 amide bonds. The van der Waals surface area contributed by atoms with Crippen molar-refractivity contribution in [1.29, 1.82) is 0 Å². The normalized spacial score (nSPS) is 17.0. The Kier molecular flexibility index (Phi) is 6.37. The van der Waals surface area contributed by atoms with Crippen LogP contribution in [0.1, 0.15) is 29.6 Å². The smallest absolute Gasteiger partial charge is 0.267 e. The van der Waals surface area contributed by atoms with E-state index in [2.05, 4.69) is 10.4 Å². The van der Waals surface area contributed by atoms with Gasteiger partial charge in [0.15, 0.2) is 0 Å². The topological polar surface area (TPSA) is 105 Å². The largest absolute Gasteiger partial charge is 0.285 e. The maximum atomic E-state index is 13.7. The third kappa shape index (κ3) is 5.30. The monoisotopic (exact) mass is 494 g/mol. The number of amides is 1. The molecule has 1 aliphatic heterocycles. The van der Waals surface area contributed by atoms with E-state index in [1.807, 2.05) is 0 Å². The maximum Gasteiger partial charge on any atom is 0.267 e. The first kappa shape index (κ1) is 23.5. The van der Waals surface area contributed by atoms with Crippen LogP contribution < -0.4 is 10.6 Å². The van der Waals surface area contributed by atoms with Crippen LogP contribution in [0.15, 0.2) is 53.4 Å². The van der Waals surface area contributed by atoms with Crippen molar-refractivity contribution in [3.63, 3.8) is 0 Å². The zero-order valence-electron chi connectivity index (χ0n) is 17.4. The lowest BCUT2D eigenvalue weighted by atomic mass is 10.0. The van der Waals surface area contributed by atoms with E-state index in [0.717, 1.165) is 0 Å². The highest BCUT2D eigenvalue weighted by Crippen LogP contribution is 2.31. The van der Waals surface area contributed by atoms with E-state index < -0.39 is 21.9 Å². The highest BCUT2D eigenvalue weighted by Gasteiger charge is 2.32. The van der Waals surface area contributed by atoms with Gasteiger partial charge in [-0.15, -0.1) is 0 Å². The number of nitrogens with zero attached hydrogens (tertiary/aromatic N) is 2. The molecule has 0 bridgehead atoms. The number of benzene rings is 2. The Morgan fingerprint density at radius 3 is 2.64 bits per heavy atom. The van der Waals surface area contributed by atoms with Crippen molar-refractivity contribution in [2.75, 3.05) is 13.1 Å². The van der Waals surface area contributed by atoms with Crippen LogP contribution in [0, 0.1) is 0 Å². The highest BCUT2D eigenvalue weighted by atomic mass is 35.5. The third-order valence-electron chi connectivity index (χ3n) is 5.46. The molecule has 0 atom stereocenters. The van der Waals surface area contributed by atoms with Crippen molar-refractivity contribution in [2.24, 2.45) is 5.14 Å². The van der Waals surface area contributed by atoms with Crippen molar-refractivity contribution < 1.29 is 22.0 Å². The molecule has 1 fully saturated rings. The Hall–Kier alpha value is -2.66. The van der Waals surface area contributed by atoms with Crippen molar-refractivity contribution >= 4 is 38.4 Å². The minimum atomic E-state index is -3.98. The molecule has 2 heterocycles. The minimum absolute atomic E-state index is 0.00323. The van der Waals surface area contributed by atoms with Gasteiger partial charge < -0.3 is 0 Å². The predicted molar refractivity (Wildman–Crippen MR) is 121 cm³/mol. The van der Waals surface area contributed by atoms with Crippen LogP contribution in [0.3, 0.4) is 0 Å². The number of aromatic nitrogens is 1. The van der Waals surface area contributed by atoms with Crippen LogP contribution in [0.25, 0.3) is 22.2 Å². The van der Waals surface area contributed by atoms with Crippen LogP contribution in [0.2, 0.25) is 5.02 Å². The lowest BCUT2D eigenvalue weighted by Crippen LogP contribution is -2.43. The first-order valence-electron chi connectivity index (χ1n) is 10.2. The van der Waals surface area contributed by atoms with E-state index >= 15 is 0 Å². The number of halogens is 3. The van der Waals surface area contributed by atoms with Crippen molar-refractivity contribution in [2.45, 2.75) is 30.1 Å². The number of hydrogen-bond donors (Lipinski definition) is 2. The van der Waals surface area contributed by atoms with Crippen molar-refractivity contribution in [3.8, 4) is 11.3 Å². The molecule has 1 saturated heterocycles. The number of sulfonamides is 1. The summed E-state index contributed by atoms with van der Waals surface area (Å²) >= 11 is 6.30. The molecule has 3 N–H and O–H groups in total. The molecule has 1 aromatic heterocycles. The first-order chi connectivity index (χ1) is 15.5. The summed E-state index contributed by atoms with van der Waals surface area (Å²) in [4.78, 5) is 17.7.